The van der Waals surface area contributed by atoms with Crippen LogP contribution in [0.3, 0.4) is 0 Å². The van der Waals surface area contributed by atoms with Crippen LogP contribution >= 0.6 is 11.3 Å². The lowest BCUT2D eigenvalue weighted by Crippen LogP contribution is -2.18. The van der Waals surface area contributed by atoms with Crippen LogP contribution in [0.4, 0.5) is 5.13 Å². The summed E-state index contributed by atoms with van der Waals surface area (Å²) >= 11 is 1.40. The molecule has 0 aliphatic heterocycles. The predicted molar refractivity (Wildman–Crippen MR) is 101 cm³/mol. The highest BCUT2D eigenvalue weighted by atomic mass is 32.1. The summed E-state index contributed by atoms with van der Waals surface area (Å²) in [7, 11) is 0. The summed E-state index contributed by atoms with van der Waals surface area (Å²) in [6, 6.07) is 13.8. The number of fused-ring (bicyclic) bond motifs is 1. The van der Waals surface area contributed by atoms with Crippen molar-refractivity contribution in [1.82, 2.24) is 14.5 Å². The zero-order valence-corrected chi connectivity index (χ0v) is 14.5. The maximum atomic E-state index is 12.4. The molecule has 0 spiro atoms. The number of anilines is 1. The number of hydrogen-bond acceptors (Lipinski definition) is 4. The van der Waals surface area contributed by atoms with E-state index in [9.17, 15) is 4.79 Å². The first-order valence-corrected chi connectivity index (χ1v) is 8.80. The maximum Gasteiger partial charge on any atom is 0.246 e. The highest BCUT2D eigenvalue weighted by molar-refractivity contribution is 7.14. The number of aromatic nitrogens is 3. The van der Waals surface area contributed by atoms with Crippen LogP contribution in [-0.2, 0) is 11.3 Å². The van der Waals surface area contributed by atoms with Crippen LogP contribution in [0.15, 0.2) is 60.2 Å². The fourth-order valence-corrected chi connectivity index (χ4v) is 3.51. The van der Waals surface area contributed by atoms with Crippen LogP contribution in [0.5, 0.6) is 0 Å². The SMILES string of the molecule is Cc1cccc2c1ccn2CC(=O)Nc1nc(-c2ccccn2)cs1. The molecule has 5 nitrogen and oxygen atoms in total. The Balaban J connectivity index is 1.49. The second-order valence-corrected chi connectivity index (χ2v) is 6.61. The Labute approximate surface area is 149 Å². The van der Waals surface area contributed by atoms with Gasteiger partial charge in [0.1, 0.15) is 12.2 Å². The Hall–Kier alpha value is -2.99. The Morgan fingerprint density at radius 3 is 2.92 bits per heavy atom. The van der Waals surface area contributed by atoms with Gasteiger partial charge in [-0.2, -0.15) is 0 Å². The minimum atomic E-state index is -0.0964. The van der Waals surface area contributed by atoms with Crippen molar-refractivity contribution < 1.29 is 4.79 Å². The van der Waals surface area contributed by atoms with Gasteiger partial charge in [0, 0.05) is 28.7 Å². The number of hydrogen-bond donors (Lipinski definition) is 1. The fraction of sp³-hybridized carbons (Fsp3) is 0.105. The average molecular weight is 348 g/mol. The number of thiazole rings is 1. The van der Waals surface area contributed by atoms with Crippen LogP contribution < -0.4 is 5.32 Å². The summed E-state index contributed by atoms with van der Waals surface area (Å²) in [6.45, 7) is 2.33. The molecule has 1 amide bonds. The summed E-state index contributed by atoms with van der Waals surface area (Å²) in [6.07, 6.45) is 3.67. The summed E-state index contributed by atoms with van der Waals surface area (Å²) in [5.74, 6) is -0.0964. The van der Waals surface area contributed by atoms with Crippen LogP contribution in [0.2, 0.25) is 0 Å². The van der Waals surface area contributed by atoms with Gasteiger partial charge in [0.15, 0.2) is 5.13 Å². The van der Waals surface area contributed by atoms with Crippen molar-refractivity contribution >= 4 is 33.3 Å². The Kier molecular flexibility index (Phi) is 4.03. The predicted octanol–water partition coefficient (Wildman–Crippen LogP) is 4.11. The fourth-order valence-electron chi connectivity index (χ4n) is 2.79. The third-order valence-corrected chi connectivity index (χ3v) is 4.78. The Bertz CT molecular complexity index is 1040. The van der Waals surface area contributed by atoms with Crippen molar-refractivity contribution in [2.24, 2.45) is 0 Å². The van der Waals surface area contributed by atoms with E-state index in [1.165, 1.54) is 22.3 Å². The number of carbonyl (C=O) groups excluding carboxylic acids is 1. The second-order valence-electron chi connectivity index (χ2n) is 5.75. The molecule has 4 aromatic rings. The zero-order chi connectivity index (χ0) is 17.2. The molecule has 1 aromatic carbocycles. The van der Waals surface area contributed by atoms with Crippen LogP contribution in [0.25, 0.3) is 22.3 Å². The normalized spacial score (nSPS) is 10.9. The van der Waals surface area contributed by atoms with E-state index in [1.807, 2.05) is 52.5 Å². The molecule has 0 aliphatic carbocycles. The highest BCUT2D eigenvalue weighted by Crippen LogP contribution is 2.23. The second kappa shape index (κ2) is 6.49. The topological polar surface area (TPSA) is 59.8 Å². The molecule has 0 radical (unpaired) electrons. The van der Waals surface area contributed by atoms with Crippen LogP contribution in [0.1, 0.15) is 5.56 Å². The van der Waals surface area contributed by atoms with Crippen molar-refractivity contribution in [3.05, 3.63) is 65.8 Å². The third kappa shape index (κ3) is 3.16. The molecule has 0 bridgehead atoms. The lowest BCUT2D eigenvalue weighted by Gasteiger charge is -2.06. The van der Waals surface area contributed by atoms with Gasteiger partial charge in [-0.1, -0.05) is 18.2 Å². The van der Waals surface area contributed by atoms with Gasteiger partial charge in [-0.05, 0) is 36.8 Å². The van der Waals surface area contributed by atoms with Gasteiger partial charge in [0.25, 0.3) is 0 Å². The van der Waals surface area contributed by atoms with Gasteiger partial charge in [-0.25, -0.2) is 4.98 Å². The largest absolute Gasteiger partial charge is 0.338 e. The molecular weight excluding hydrogens is 332 g/mol. The first kappa shape index (κ1) is 15.5. The molecule has 6 heteroatoms. The minimum absolute atomic E-state index is 0.0964. The monoisotopic (exact) mass is 348 g/mol. The molecule has 0 fully saturated rings. The summed E-state index contributed by atoms with van der Waals surface area (Å²) in [4.78, 5) is 21.1. The molecule has 0 saturated heterocycles. The van der Waals surface area contributed by atoms with E-state index >= 15 is 0 Å². The standard InChI is InChI=1S/C19H16N4OS/c1-13-5-4-7-17-14(13)8-10-23(17)11-18(24)22-19-21-16(12-25-19)15-6-2-3-9-20-15/h2-10,12H,11H2,1H3,(H,21,22,24). The number of rotatable bonds is 4. The molecular formula is C19H16N4OS. The Morgan fingerprint density at radius 1 is 1.16 bits per heavy atom. The van der Waals surface area contributed by atoms with Crippen molar-refractivity contribution in [1.29, 1.82) is 0 Å². The van der Waals surface area contributed by atoms with Crippen LogP contribution in [-0.4, -0.2) is 20.4 Å². The molecule has 0 aliphatic rings. The number of aryl methyl sites for hydroxylation is 1. The lowest BCUT2D eigenvalue weighted by molar-refractivity contribution is -0.116. The number of pyridine rings is 1. The highest BCUT2D eigenvalue weighted by Gasteiger charge is 2.11. The van der Waals surface area contributed by atoms with Crippen LogP contribution in [0, 0.1) is 6.92 Å². The molecule has 124 valence electrons. The number of nitrogens with one attached hydrogen (secondary N) is 1. The van der Waals surface area contributed by atoms with Crippen molar-refractivity contribution in [3.63, 3.8) is 0 Å². The first-order valence-electron chi connectivity index (χ1n) is 7.92. The number of amides is 1. The van der Waals surface area contributed by atoms with E-state index in [0.717, 1.165) is 16.9 Å². The molecule has 0 unspecified atom stereocenters. The summed E-state index contributed by atoms with van der Waals surface area (Å²) < 4.78 is 1.95. The smallest absolute Gasteiger partial charge is 0.246 e. The van der Waals surface area contributed by atoms with Crippen molar-refractivity contribution in [2.45, 2.75) is 13.5 Å². The van der Waals surface area contributed by atoms with E-state index in [4.69, 9.17) is 0 Å². The molecule has 0 saturated carbocycles. The molecule has 3 aromatic heterocycles. The molecule has 0 atom stereocenters. The summed E-state index contributed by atoms with van der Waals surface area (Å²) in [5, 5.41) is 6.51. The van der Waals surface area contributed by atoms with E-state index in [-0.39, 0.29) is 12.5 Å². The van der Waals surface area contributed by atoms with Crippen molar-refractivity contribution in [2.75, 3.05) is 5.32 Å². The number of nitrogens with zero attached hydrogens (tertiary/aromatic N) is 3. The zero-order valence-electron chi connectivity index (χ0n) is 13.6. The quantitative estimate of drug-likeness (QED) is 0.604. The first-order chi connectivity index (χ1) is 12.2. The molecule has 3 heterocycles. The van der Waals surface area contributed by atoms with Crippen molar-refractivity contribution in [3.8, 4) is 11.4 Å². The van der Waals surface area contributed by atoms with Gasteiger partial charge < -0.3 is 9.88 Å². The lowest BCUT2D eigenvalue weighted by atomic mass is 10.1. The van der Waals surface area contributed by atoms with Gasteiger partial charge in [-0.3, -0.25) is 9.78 Å². The van der Waals surface area contributed by atoms with Gasteiger partial charge in [0.2, 0.25) is 5.91 Å². The molecule has 25 heavy (non-hydrogen) atoms. The Morgan fingerprint density at radius 2 is 2.08 bits per heavy atom. The minimum Gasteiger partial charge on any atom is -0.338 e. The van der Waals surface area contributed by atoms with E-state index in [1.54, 1.807) is 6.20 Å². The van der Waals surface area contributed by atoms with E-state index < -0.39 is 0 Å². The van der Waals surface area contributed by atoms with Gasteiger partial charge in [0.05, 0.1) is 5.69 Å². The average Bonchev–Trinajstić information content (AvgIpc) is 3.24. The van der Waals surface area contributed by atoms with Gasteiger partial charge in [-0.15, -0.1) is 11.3 Å². The van der Waals surface area contributed by atoms with E-state index in [2.05, 4.69) is 28.3 Å². The maximum absolute atomic E-state index is 12.4. The number of carbonyl (C=O) groups is 1. The molecule has 4 rings (SSSR count). The van der Waals surface area contributed by atoms with Gasteiger partial charge >= 0.3 is 0 Å². The third-order valence-electron chi connectivity index (χ3n) is 4.02. The molecule has 1 N–H and O–H groups in total. The number of benzene rings is 1. The summed E-state index contributed by atoms with van der Waals surface area (Å²) in [5.41, 5.74) is 3.83. The van der Waals surface area contributed by atoms with E-state index in [0.29, 0.717) is 5.13 Å².